The van der Waals surface area contributed by atoms with Crippen molar-refractivity contribution in [3.05, 3.63) is 34.6 Å². The summed E-state index contributed by atoms with van der Waals surface area (Å²) in [5.74, 6) is 0.664. The maximum absolute atomic E-state index is 12.2. The highest BCUT2D eigenvalue weighted by Crippen LogP contribution is 2.07. The fourth-order valence-electron chi connectivity index (χ4n) is 2.59. The standard InChI is InChI=1S/C15H19N5O2/c1-19-6-8-20(9-7-19)14(21)3-2-13-17-12-4-5-16-10-11(12)15(22)18-13/h4-5,10H,2-3,6-9H2,1H3,(H,17,18,22). The van der Waals surface area contributed by atoms with Crippen molar-refractivity contribution >= 4 is 16.8 Å². The van der Waals surface area contributed by atoms with Gasteiger partial charge in [0, 0.05) is 51.4 Å². The van der Waals surface area contributed by atoms with Gasteiger partial charge in [-0.2, -0.15) is 0 Å². The minimum atomic E-state index is -0.208. The third-order valence-electron chi connectivity index (χ3n) is 3.99. The molecule has 7 heteroatoms. The van der Waals surface area contributed by atoms with Crippen LogP contribution in [0.15, 0.2) is 23.3 Å². The molecule has 3 rings (SSSR count). The molecule has 1 aliphatic rings. The number of piperazine rings is 1. The largest absolute Gasteiger partial charge is 0.340 e. The van der Waals surface area contributed by atoms with Gasteiger partial charge in [-0.05, 0) is 13.1 Å². The van der Waals surface area contributed by atoms with Crippen molar-refractivity contribution in [2.75, 3.05) is 33.2 Å². The quantitative estimate of drug-likeness (QED) is 0.864. The Balaban J connectivity index is 1.66. The van der Waals surface area contributed by atoms with Crippen molar-refractivity contribution in [2.24, 2.45) is 0 Å². The summed E-state index contributed by atoms with van der Waals surface area (Å²) in [6.45, 7) is 3.35. The van der Waals surface area contributed by atoms with Gasteiger partial charge in [-0.3, -0.25) is 14.6 Å². The molecule has 0 spiro atoms. The van der Waals surface area contributed by atoms with Gasteiger partial charge in [0.2, 0.25) is 5.91 Å². The van der Waals surface area contributed by atoms with E-state index < -0.39 is 0 Å². The number of H-pyrrole nitrogens is 1. The lowest BCUT2D eigenvalue weighted by atomic mass is 10.2. The van der Waals surface area contributed by atoms with Crippen molar-refractivity contribution in [3.63, 3.8) is 0 Å². The maximum atomic E-state index is 12.2. The summed E-state index contributed by atoms with van der Waals surface area (Å²) in [6.07, 6.45) is 3.91. The summed E-state index contributed by atoms with van der Waals surface area (Å²) < 4.78 is 0. The molecule has 1 fully saturated rings. The number of aryl methyl sites for hydroxylation is 1. The van der Waals surface area contributed by atoms with E-state index in [1.54, 1.807) is 12.3 Å². The van der Waals surface area contributed by atoms with Gasteiger partial charge >= 0.3 is 0 Å². The van der Waals surface area contributed by atoms with Crippen molar-refractivity contribution in [1.29, 1.82) is 0 Å². The Hall–Kier alpha value is -2.28. The van der Waals surface area contributed by atoms with E-state index in [1.165, 1.54) is 6.20 Å². The molecule has 1 saturated heterocycles. The smallest absolute Gasteiger partial charge is 0.260 e. The van der Waals surface area contributed by atoms with Gasteiger partial charge in [0.15, 0.2) is 0 Å². The second kappa shape index (κ2) is 6.23. The van der Waals surface area contributed by atoms with Gasteiger partial charge in [0.05, 0.1) is 10.9 Å². The maximum Gasteiger partial charge on any atom is 0.260 e. The van der Waals surface area contributed by atoms with Crippen molar-refractivity contribution in [2.45, 2.75) is 12.8 Å². The van der Waals surface area contributed by atoms with Crippen molar-refractivity contribution < 1.29 is 4.79 Å². The van der Waals surface area contributed by atoms with Gasteiger partial charge < -0.3 is 14.8 Å². The summed E-state index contributed by atoms with van der Waals surface area (Å²) in [5.41, 5.74) is 0.404. The van der Waals surface area contributed by atoms with Crippen LogP contribution in [0.5, 0.6) is 0 Å². The van der Waals surface area contributed by atoms with Gasteiger partial charge in [0.1, 0.15) is 5.82 Å². The number of aromatic amines is 1. The average molecular weight is 301 g/mol. The molecule has 22 heavy (non-hydrogen) atoms. The molecule has 0 atom stereocenters. The number of pyridine rings is 1. The van der Waals surface area contributed by atoms with E-state index in [4.69, 9.17) is 0 Å². The molecule has 0 aromatic carbocycles. The van der Waals surface area contributed by atoms with Crippen molar-refractivity contribution in [1.82, 2.24) is 24.8 Å². The SMILES string of the molecule is CN1CCN(C(=O)CCc2nc3ccncc3c(=O)[nH]2)CC1. The number of rotatable bonds is 3. The second-order valence-corrected chi connectivity index (χ2v) is 5.59. The van der Waals surface area contributed by atoms with Gasteiger partial charge in [-0.25, -0.2) is 4.98 Å². The Bertz CT molecular complexity index is 734. The van der Waals surface area contributed by atoms with Crippen LogP contribution in [-0.4, -0.2) is 63.9 Å². The first-order chi connectivity index (χ1) is 10.6. The third-order valence-corrected chi connectivity index (χ3v) is 3.99. The summed E-state index contributed by atoms with van der Waals surface area (Å²) in [7, 11) is 2.06. The number of amides is 1. The molecule has 2 aromatic heterocycles. The number of likely N-dealkylation sites (N-methyl/N-ethyl adjacent to an activating group) is 1. The fraction of sp³-hybridized carbons (Fsp3) is 0.467. The predicted octanol–water partition coefficient (Wildman–Crippen LogP) is 0.0247. The minimum absolute atomic E-state index is 0.116. The van der Waals surface area contributed by atoms with Crippen LogP contribution in [0.3, 0.4) is 0 Å². The molecule has 0 bridgehead atoms. The third kappa shape index (κ3) is 3.14. The lowest BCUT2D eigenvalue weighted by Crippen LogP contribution is -2.47. The number of nitrogens with one attached hydrogen (secondary N) is 1. The number of aromatic nitrogens is 3. The van der Waals surface area contributed by atoms with E-state index >= 15 is 0 Å². The van der Waals surface area contributed by atoms with Crippen LogP contribution in [0, 0.1) is 0 Å². The van der Waals surface area contributed by atoms with E-state index in [0.717, 1.165) is 26.2 Å². The number of hydrogen-bond acceptors (Lipinski definition) is 5. The molecule has 0 saturated carbocycles. The van der Waals surface area contributed by atoms with Crippen LogP contribution in [0.4, 0.5) is 0 Å². The predicted molar refractivity (Wildman–Crippen MR) is 82.6 cm³/mol. The van der Waals surface area contributed by atoms with Gasteiger partial charge in [-0.15, -0.1) is 0 Å². The van der Waals surface area contributed by atoms with Crippen LogP contribution in [0.2, 0.25) is 0 Å². The summed E-state index contributed by atoms with van der Waals surface area (Å²) in [5, 5.41) is 0.469. The number of carbonyl (C=O) groups excluding carboxylic acids is 1. The Morgan fingerprint density at radius 2 is 2.09 bits per heavy atom. The molecule has 3 heterocycles. The highest BCUT2D eigenvalue weighted by molar-refractivity contribution is 5.77. The second-order valence-electron chi connectivity index (χ2n) is 5.59. The molecule has 1 amide bonds. The van der Waals surface area contributed by atoms with Crippen LogP contribution in [-0.2, 0) is 11.2 Å². The highest BCUT2D eigenvalue weighted by Gasteiger charge is 2.19. The first-order valence-corrected chi connectivity index (χ1v) is 7.43. The van der Waals surface area contributed by atoms with Crippen LogP contribution in [0.1, 0.15) is 12.2 Å². The molecular formula is C15H19N5O2. The highest BCUT2D eigenvalue weighted by atomic mass is 16.2. The summed E-state index contributed by atoms with van der Waals surface area (Å²) >= 11 is 0. The Morgan fingerprint density at radius 3 is 2.86 bits per heavy atom. The zero-order valence-corrected chi connectivity index (χ0v) is 12.6. The van der Waals surface area contributed by atoms with E-state index in [-0.39, 0.29) is 11.5 Å². The molecular weight excluding hydrogens is 282 g/mol. The van der Waals surface area contributed by atoms with Gasteiger partial charge in [0.25, 0.3) is 5.56 Å². The summed E-state index contributed by atoms with van der Waals surface area (Å²) in [6, 6.07) is 1.70. The number of fused-ring (bicyclic) bond motifs is 1. The average Bonchev–Trinajstić information content (AvgIpc) is 2.53. The number of nitrogens with zero attached hydrogens (tertiary/aromatic N) is 4. The molecule has 0 unspecified atom stereocenters. The van der Waals surface area contributed by atoms with E-state index in [1.807, 2.05) is 4.90 Å². The zero-order chi connectivity index (χ0) is 15.5. The lowest BCUT2D eigenvalue weighted by molar-refractivity contribution is -0.132. The summed E-state index contributed by atoms with van der Waals surface area (Å²) in [4.78, 5) is 39.3. The zero-order valence-electron chi connectivity index (χ0n) is 12.6. The normalized spacial score (nSPS) is 16.1. The van der Waals surface area contributed by atoms with Crippen LogP contribution >= 0.6 is 0 Å². The molecule has 2 aromatic rings. The molecule has 0 radical (unpaired) electrons. The monoisotopic (exact) mass is 301 g/mol. The topological polar surface area (TPSA) is 82.2 Å². The van der Waals surface area contributed by atoms with E-state index in [2.05, 4.69) is 26.9 Å². The first-order valence-electron chi connectivity index (χ1n) is 7.43. The molecule has 116 valence electrons. The lowest BCUT2D eigenvalue weighted by Gasteiger charge is -2.32. The van der Waals surface area contributed by atoms with Gasteiger partial charge in [-0.1, -0.05) is 0 Å². The molecule has 0 aliphatic carbocycles. The van der Waals surface area contributed by atoms with E-state index in [0.29, 0.717) is 29.6 Å². The minimum Gasteiger partial charge on any atom is -0.340 e. The fourth-order valence-corrected chi connectivity index (χ4v) is 2.59. The molecule has 7 nitrogen and oxygen atoms in total. The Morgan fingerprint density at radius 1 is 1.32 bits per heavy atom. The van der Waals surface area contributed by atoms with Crippen LogP contribution in [0.25, 0.3) is 10.9 Å². The number of hydrogen-bond donors (Lipinski definition) is 1. The van der Waals surface area contributed by atoms with Crippen molar-refractivity contribution in [3.8, 4) is 0 Å². The van der Waals surface area contributed by atoms with E-state index in [9.17, 15) is 9.59 Å². The number of carbonyl (C=O) groups is 1. The Labute approximate surface area is 128 Å². The Kier molecular flexibility index (Phi) is 4.15. The first kappa shape index (κ1) is 14.6. The molecule has 1 aliphatic heterocycles. The molecule has 1 N–H and O–H groups in total. The van der Waals surface area contributed by atoms with Crippen LogP contribution < -0.4 is 5.56 Å².